The number of hydrogen-bond acceptors (Lipinski definition) is 5. The summed E-state index contributed by atoms with van der Waals surface area (Å²) in [5, 5.41) is 0. The Morgan fingerprint density at radius 2 is 1.48 bits per heavy atom. The number of ketones is 1. The summed E-state index contributed by atoms with van der Waals surface area (Å²) >= 11 is 0. The van der Waals surface area contributed by atoms with Crippen LogP contribution in [-0.2, 0) is 0 Å². The molecule has 0 aliphatic rings. The average Bonchev–Trinajstić information content (AvgIpc) is 2.74. The van der Waals surface area contributed by atoms with Crippen LogP contribution in [0.1, 0.15) is 55.5 Å². The summed E-state index contributed by atoms with van der Waals surface area (Å²) in [6, 6.07) is 10.9. The lowest BCUT2D eigenvalue weighted by atomic mass is 10.1. The number of ether oxygens (including phenoxy) is 4. The Bertz CT molecular complexity index is 785. The van der Waals surface area contributed by atoms with E-state index in [1.807, 2.05) is 25.1 Å². The molecule has 0 N–H and O–H groups in total. The molecular formula is C24H32O5. The molecule has 2 aromatic carbocycles. The lowest BCUT2D eigenvalue weighted by molar-refractivity contribution is 0.0916. The summed E-state index contributed by atoms with van der Waals surface area (Å²) in [4.78, 5) is 12.8. The van der Waals surface area contributed by atoms with Crippen LogP contribution in [0.5, 0.6) is 23.0 Å². The number of hydrogen-bond donors (Lipinski definition) is 0. The molecule has 0 heterocycles. The molecule has 0 saturated heterocycles. The van der Waals surface area contributed by atoms with Gasteiger partial charge in [-0.1, -0.05) is 32.8 Å². The number of benzene rings is 2. The lowest BCUT2D eigenvalue weighted by Crippen LogP contribution is -2.14. The van der Waals surface area contributed by atoms with Gasteiger partial charge in [-0.3, -0.25) is 4.79 Å². The molecule has 5 nitrogen and oxygen atoms in total. The molecule has 0 aromatic heterocycles. The van der Waals surface area contributed by atoms with Gasteiger partial charge in [0.25, 0.3) is 0 Å². The molecule has 5 heteroatoms. The van der Waals surface area contributed by atoms with Crippen molar-refractivity contribution in [1.82, 2.24) is 0 Å². The van der Waals surface area contributed by atoms with Gasteiger partial charge in [0.15, 0.2) is 6.61 Å². The normalized spacial score (nSPS) is 10.5. The zero-order valence-corrected chi connectivity index (χ0v) is 18.0. The molecule has 0 amide bonds. The van der Waals surface area contributed by atoms with Gasteiger partial charge in [0, 0.05) is 12.1 Å². The first-order chi connectivity index (χ1) is 14.1. The number of unbranched alkanes of at least 4 members (excludes halogenated alkanes) is 2. The zero-order chi connectivity index (χ0) is 21.1. The summed E-state index contributed by atoms with van der Waals surface area (Å²) in [5.41, 5.74) is 1.45. The molecule has 29 heavy (non-hydrogen) atoms. The molecule has 0 spiro atoms. The summed E-state index contributed by atoms with van der Waals surface area (Å²) in [5.74, 6) is 2.44. The van der Waals surface area contributed by atoms with Crippen molar-refractivity contribution in [2.75, 3.05) is 26.9 Å². The minimum Gasteiger partial charge on any atom is -0.497 e. The maximum atomic E-state index is 12.8. The highest BCUT2D eigenvalue weighted by molar-refractivity contribution is 6.00. The molecule has 0 fully saturated rings. The van der Waals surface area contributed by atoms with Crippen molar-refractivity contribution in [3.05, 3.63) is 47.5 Å². The van der Waals surface area contributed by atoms with Crippen LogP contribution in [0, 0.1) is 6.92 Å². The van der Waals surface area contributed by atoms with Crippen molar-refractivity contribution in [1.29, 1.82) is 0 Å². The molecule has 0 aliphatic carbocycles. The Morgan fingerprint density at radius 3 is 2.17 bits per heavy atom. The van der Waals surface area contributed by atoms with Crippen molar-refractivity contribution in [3.8, 4) is 23.0 Å². The first kappa shape index (κ1) is 22.6. The van der Waals surface area contributed by atoms with Crippen LogP contribution in [0.15, 0.2) is 36.4 Å². The molecule has 0 atom stereocenters. The van der Waals surface area contributed by atoms with E-state index >= 15 is 0 Å². The van der Waals surface area contributed by atoms with Gasteiger partial charge >= 0.3 is 0 Å². The summed E-state index contributed by atoms with van der Waals surface area (Å²) in [6.07, 6.45) is 4.02. The third-order valence-corrected chi connectivity index (χ3v) is 4.53. The number of rotatable bonds is 13. The first-order valence-corrected chi connectivity index (χ1v) is 10.3. The lowest BCUT2D eigenvalue weighted by Gasteiger charge is -2.14. The van der Waals surface area contributed by atoms with E-state index in [1.165, 1.54) is 0 Å². The Morgan fingerprint density at radius 1 is 0.828 bits per heavy atom. The molecule has 0 saturated carbocycles. The van der Waals surface area contributed by atoms with Gasteiger partial charge < -0.3 is 18.9 Å². The SMILES string of the molecule is CCCCOc1ccc(C)c(OCC(=O)c2ccc(OC)cc2OCCCC)c1. The van der Waals surface area contributed by atoms with Gasteiger partial charge in [-0.15, -0.1) is 0 Å². The Kier molecular flexibility index (Phi) is 9.35. The molecule has 0 radical (unpaired) electrons. The molecule has 2 rings (SSSR count). The zero-order valence-electron chi connectivity index (χ0n) is 18.0. The van der Waals surface area contributed by atoms with Crippen LogP contribution in [0.25, 0.3) is 0 Å². The monoisotopic (exact) mass is 400 g/mol. The minimum absolute atomic E-state index is 0.0737. The van der Waals surface area contributed by atoms with Crippen LogP contribution in [0.3, 0.4) is 0 Å². The maximum absolute atomic E-state index is 12.8. The van der Waals surface area contributed by atoms with E-state index in [2.05, 4.69) is 13.8 Å². The summed E-state index contributed by atoms with van der Waals surface area (Å²) in [6.45, 7) is 7.32. The predicted octanol–water partition coefficient (Wildman–Crippen LogP) is 5.62. The van der Waals surface area contributed by atoms with Gasteiger partial charge in [0.05, 0.1) is 25.9 Å². The van der Waals surface area contributed by atoms with E-state index in [1.54, 1.807) is 25.3 Å². The predicted molar refractivity (Wildman–Crippen MR) is 115 cm³/mol. The number of aryl methyl sites for hydroxylation is 1. The molecule has 2 aromatic rings. The molecule has 0 unspecified atom stereocenters. The highest BCUT2D eigenvalue weighted by Crippen LogP contribution is 2.27. The largest absolute Gasteiger partial charge is 0.497 e. The second-order valence-corrected chi connectivity index (χ2v) is 6.91. The number of carbonyl (C=O) groups excluding carboxylic acids is 1. The van der Waals surface area contributed by atoms with Crippen LogP contribution in [0.2, 0.25) is 0 Å². The van der Waals surface area contributed by atoms with E-state index < -0.39 is 0 Å². The van der Waals surface area contributed by atoms with Crippen LogP contribution >= 0.6 is 0 Å². The van der Waals surface area contributed by atoms with Crippen molar-refractivity contribution in [2.45, 2.75) is 46.5 Å². The number of methoxy groups -OCH3 is 1. The van der Waals surface area contributed by atoms with Crippen LogP contribution in [-0.4, -0.2) is 32.7 Å². The van der Waals surface area contributed by atoms with Crippen LogP contribution in [0.4, 0.5) is 0 Å². The Balaban J connectivity index is 2.07. The summed E-state index contributed by atoms with van der Waals surface area (Å²) in [7, 11) is 1.59. The third kappa shape index (κ3) is 7.00. The quantitative estimate of drug-likeness (QED) is 0.322. The molecule has 0 aliphatic heterocycles. The van der Waals surface area contributed by atoms with E-state index in [4.69, 9.17) is 18.9 Å². The van der Waals surface area contributed by atoms with Crippen molar-refractivity contribution in [2.24, 2.45) is 0 Å². The Labute approximate surface area is 173 Å². The topological polar surface area (TPSA) is 54.0 Å². The Hall–Kier alpha value is -2.69. The fourth-order valence-electron chi connectivity index (χ4n) is 2.69. The van der Waals surface area contributed by atoms with Gasteiger partial charge in [-0.25, -0.2) is 0 Å². The standard InChI is InChI=1S/C24H32O5/c1-5-7-13-27-20-10-9-18(3)23(16-20)29-17-22(25)21-12-11-19(26-4)15-24(21)28-14-8-6-2/h9-12,15-16H,5-8,13-14,17H2,1-4H3. The molecule has 158 valence electrons. The molecule has 0 bridgehead atoms. The smallest absolute Gasteiger partial charge is 0.203 e. The van der Waals surface area contributed by atoms with E-state index in [9.17, 15) is 4.79 Å². The maximum Gasteiger partial charge on any atom is 0.203 e. The molecular weight excluding hydrogens is 368 g/mol. The fourth-order valence-corrected chi connectivity index (χ4v) is 2.69. The van der Waals surface area contributed by atoms with Crippen molar-refractivity contribution < 1.29 is 23.7 Å². The third-order valence-electron chi connectivity index (χ3n) is 4.53. The van der Waals surface area contributed by atoms with Crippen molar-refractivity contribution in [3.63, 3.8) is 0 Å². The van der Waals surface area contributed by atoms with Gasteiger partial charge in [0.2, 0.25) is 5.78 Å². The van der Waals surface area contributed by atoms with E-state index in [-0.39, 0.29) is 12.4 Å². The average molecular weight is 401 g/mol. The number of carbonyl (C=O) groups is 1. The highest BCUT2D eigenvalue weighted by atomic mass is 16.5. The number of Topliss-reactive ketones (excluding diaryl/α,β-unsaturated/α-hetero) is 1. The second-order valence-electron chi connectivity index (χ2n) is 6.91. The van der Waals surface area contributed by atoms with Crippen LogP contribution < -0.4 is 18.9 Å². The highest BCUT2D eigenvalue weighted by Gasteiger charge is 2.15. The minimum atomic E-state index is -0.143. The van der Waals surface area contributed by atoms with E-state index in [0.717, 1.165) is 37.0 Å². The van der Waals surface area contributed by atoms with Gasteiger partial charge in [0.1, 0.15) is 23.0 Å². The fraction of sp³-hybridized carbons (Fsp3) is 0.458. The first-order valence-electron chi connectivity index (χ1n) is 10.3. The van der Waals surface area contributed by atoms with Crippen molar-refractivity contribution >= 4 is 5.78 Å². The van der Waals surface area contributed by atoms with E-state index in [0.29, 0.717) is 36.0 Å². The summed E-state index contributed by atoms with van der Waals surface area (Å²) < 4.78 is 22.6. The van der Waals surface area contributed by atoms with Gasteiger partial charge in [-0.2, -0.15) is 0 Å². The second kappa shape index (κ2) is 12.0. The van der Waals surface area contributed by atoms with Gasteiger partial charge in [-0.05, 0) is 43.5 Å².